The van der Waals surface area contributed by atoms with Gasteiger partial charge in [-0.05, 0) is 37.7 Å². The summed E-state index contributed by atoms with van der Waals surface area (Å²) in [4.78, 5) is 22.2. The molecule has 0 bridgehead atoms. The highest BCUT2D eigenvalue weighted by Crippen LogP contribution is 2.28. The summed E-state index contributed by atoms with van der Waals surface area (Å²) < 4.78 is 13.8. The first-order valence-electron chi connectivity index (χ1n) is 6.93. The molecule has 6 nitrogen and oxygen atoms in total. The lowest BCUT2D eigenvalue weighted by atomic mass is 9.87. The van der Waals surface area contributed by atoms with E-state index < -0.39 is 33.6 Å². The summed E-state index contributed by atoms with van der Waals surface area (Å²) in [5.41, 5.74) is 4.24. The van der Waals surface area contributed by atoms with Crippen LogP contribution in [0.3, 0.4) is 0 Å². The summed E-state index contributed by atoms with van der Waals surface area (Å²) in [5.74, 6) is -0.911. The number of halogens is 1. The van der Waals surface area contributed by atoms with Gasteiger partial charge < -0.3 is 11.1 Å². The third-order valence-electron chi connectivity index (χ3n) is 3.95. The zero-order valence-corrected chi connectivity index (χ0v) is 11.8. The van der Waals surface area contributed by atoms with Crippen LogP contribution in [-0.4, -0.2) is 16.9 Å². The Hall–Kier alpha value is -2.18. The molecule has 1 aliphatic rings. The molecule has 0 aliphatic heterocycles. The highest BCUT2D eigenvalue weighted by Gasteiger charge is 2.26. The fraction of sp³-hybridized carbons (Fsp3) is 0.500. The first-order valence-corrected chi connectivity index (χ1v) is 6.93. The molecule has 114 valence electrons. The van der Waals surface area contributed by atoms with Crippen molar-refractivity contribution in [1.29, 1.82) is 0 Å². The van der Waals surface area contributed by atoms with Gasteiger partial charge >= 0.3 is 0 Å². The molecule has 0 unspecified atom stereocenters. The molecule has 0 heterocycles. The van der Waals surface area contributed by atoms with E-state index in [0.29, 0.717) is 5.92 Å². The zero-order chi connectivity index (χ0) is 15.6. The van der Waals surface area contributed by atoms with Gasteiger partial charge in [-0.2, -0.15) is 0 Å². The minimum Gasteiger partial charge on any atom is -0.392 e. The van der Waals surface area contributed by atoms with Crippen molar-refractivity contribution in [3.05, 3.63) is 33.6 Å². The second kappa shape index (κ2) is 6.07. The van der Waals surface area contributed by atoms with Crippen LogP contribution in [0.25, 0.3) is 0 Å². The summed E-state index contributed by atoms with van der Waals surface area (Å²) in [6.45, 7) is 2.15. The molecule has 1 fully saturated rings. The quantitative estimate of drug-likeness (QED) is 0.508. The maximum Gasteiger partial charge on any atom is 0.293 e. The number of nitrogen functional groups attached to an aromatic ring is 1. The minimum atomic E-state index is -0.847. The third-order valence-corrected chi connectivity index (χ3v) is 3.95. The predicted molar refractivity (Wildman–Crippen MR) is 76.4 cm³/mol. The molecule has 0 aromatic heterocycles. The zero-order valence-electron chi connectivity index (χ0n) is 11.8. The average molecular weight is 295 g/mol. The topological polar surface area (TPSA) is 98.3 Å². The highest BCUT2D eigenvalue weighted by atomic mass is 19.1. The summed E-state index contributed by atoms with van der Waals surface area (Å²) in [5, 5.41) is 13.5. The summed E-state index contributed by atoms with van der Waals surface area (Å²) in [7, 11) is 0. The number of rotatable bonds is 3. The maximum atomic E-state index is 13.8. The molecule has 1 aliphatic carbocycles. The number of nitro groups is 1. The Labute approximate surface area is 121 Å². The smallest absolute Gasteiger partial charge is 0.293 e. The van der Waals surface area contributed by atoms with Crippen LogP contribution >= 0.6 is 0 Å². The number of benzene rings is 1. The van der Waals surface area contributed by atoms with Crippen LogP contribution in [0.15, 0.2) is 12.1 Å². The Morgan fingerprint density at radius 2 is 2.00 bits per heavy atom. The van der Waals surface area contributed by atoms with E-state index in [1.165, 1.54) is 0 Å². The number of nitrogens with one attached hydrogen (secondary N) is 1. The molecule has 1 saturated carbocycles. The first-order chi connectivity index (χ1) is 9.90. The molecule has 3 N–H and O–H groups in total. The van der Waals surface area contributed by atoms with E-state index in [4.69, 9.17) is 5.73 Å². The lowest BCUT2D eigenvalue weighted by molar-refractivity contribution is -0.384. The van der Waals surface area contributed by atoms with E-state index >= 15 is 0 Å². The van der Waals surface area contributed by atoms with Crippen LogP contribution in [-0.2, 0) is 0 Å². The molecule has 1 amide bonds. The number of anilines is 1. The van der Waals surface area contributed by atoms with Crippen molar-refractivity contribution in [2.45, 2.75) is 38.6 Å². The number of hydrogen-bond donors (Lipinski definition) is 2. The molecule has 0 atom stereocenters. The summed E-state index contributed by atoms with van der Waals surface area (Å²) in [6, 6.07) is 1.82. The van der Waals surface area contributed by atoms with Crippen LogP contribution in [0.5, 0.6) is 0 Å². The van der Waals surface area contributed by atoms with Crippen LogP contribution in [0, 0.1) is 21.8 Å². The van der Waals surface area contributed by atoms with E-state index in [-0.39, 0.29) is 6.04 Å². The monoisotopic (exact) mass is 295 g/mol. The number of carbonyl (C=O) groups is 1. The lowest BCUT2D eigenvalue weighted by Crippen LogP contribution is -2.38. The molecular formula is C14H18FN3O3. The van der Waals surface area contributed by atoms with Gasteiger partial charge in [0.1, 0.15) is 17.1 Å². The van der Waals surface area contributed by atoms with Crippen LogP contribution < -0.4 is 11.1 Å². The number of hydrogen-bond acceptors (Lipinski definition) is 4. The van der Waals surface area contributed by atoms with E-state index in [2.05, 4.69) is 12.2 Å². The van der Waals surface area contributed by atoms with E-state index in [1.807, 2.05) is 0 Å². The van der Waals surface area contributed by atoms with Gasteiger partial charge in [0.2, 0.25) is 0 Å². The first kappa shape index (κ1) is 15.2. The van der Waals surface area contributed by atoms with Crippen LogP contribution in [0.1, 0.15) is 43.0 Å². The van der Waals surface area contributed by atoms with Gasteiger partial charge in [0.05, 0.1) is 4.92 Å². The van der Waals surface area contributed by atoms with Crippen molar-refractivity contribution < 1.29 is 14.1 Å². The largest absolute Gasteiger partial charge is 0.392 e. The van der Waals surface area contributed by atoms with Crippen molar-refractivity contribution in [3.8, 4) is 0 Å². The molecule has 1 aromatic rings. The molecular weight excluding hydrogens is 277 g/mol. The second-order valence-electron chi connectivity index (χ2n) is 5.54. The number of nitrogens with two attached hydrogens (primary N) is 1. The fourth-order valence-corrected chi connectivity index (χ4v) is 2.63. The molecule has 0 saturated heterocycles. The van der Waals surface area contributed by atoms with E-state index in [0.717, 1.165) is 37.8 Å². The maximum absolute atomic E-state index is 13.8. The second-order valence-corrected chi connectivity index (χ2v) is 5.54. The summed E-state index contributed by atoms with van der Waals surface area (Å²) in [6.07, 6.45) is 3.64. The van der Waals surface area contributed by atoms with Gasteiger partial charge in [0.15, 0.2) is 0 Å². The molecule has 0 spiro atoms. The highest BCUT2D eigenvalue weighted by molar-refractivity contribution is 6.01. The van der Waals surface area contributed by atoms with Gasteiger partial charge in [-0.1, -0.05) is 6.92 Å². The number of nitro benzene ring substituents is 1. The third kappa shape index (κ3) is 3.29. The SMILES string of the molecule is CC1CCC(NC(=O)c2c(F)ccc([N+](=O)[O-])c2N)CC1. The normalized spacial score (nSPS) is 21.8. The molecule has 0 radical (unpaired) electrons. The fourth-order valence-electron chi connectivity index (χ4n) is 2.63. The number of amides is 1. The average Bonchev–Trinajstić information content (AvgIpc) is 2.41. The Morgan fingerprint density at radius 3 is 2.57 bits per heavy atom. The van der Waals surface area contributed by atoms with Crippen molar-refractivity contribution in [2.24, 2.45) is 5.92 Å². The van der Waals surface area contributed by atoms with Gasteiger partial charge in [-0.15, -0.1) is 0 Å². The standard InChI is InChI=1S/C14H18FN3O3/c1-8-2-4-9(5-3-8)17-14(19)12-10(15)6-7-11(13(12)16)18(20)21/h6-9H,2-5,16H2,1H3,(H,17,19). The Bertz CT molecular complexity index is 569. The minimum absolute atomic E-state index is 0.0354. The predicted octanol–water partition coefficient (Wildman–Crippen LogP) is 2.62. The van der Waals surface area contributed by atoms with E-state index in [1.54, 1.807) is 0 Å². The van der Waals surface area contributed by atoms with Crippen molar-refractivity contribution in [2.75, 3.05) is 5.73 Å². The lowest BCUT2D eigenvalue weighted by Gasteiger charge is -2.27. The van der Waals surface area contributed by atoms with Crippen molar-refractivity contribution in [3.63, 3.8) is 0 Å². The van der Waals surface area contributed by atoms with Gasteiger partial charge in [-0.3, -0.25) is 14.9 Å². The van der Waals surface area contributed by atoms with Gasteiger partial charge in [-0.25, -0.2) is 4.39 Å². The molecule has 2 rings (SSSR count). The van der Waals surface area contributed by atoms with Crippen LogP contribution in [0.4, 0.5) is 15.8 Å². The van der Waals surface area contributed by atoms with Crippen LogP contribution in [0.2, 0.25) is 0 Å². The number of carbonyl (C=O) groups excluding carboxylic acids is 1. The van der Waals surface area contributed by atoms with Crippen molar-refractivity contribution >= 4 is 17.3 Å². The Kier molecular flexibility index (Phi) is 4.40. The van der Waals surface area contributed by atoms with E-state index in [9.17, 15) is 19.3 Å². The van der Waals surface area contributed by atoms with Crippen molar-refractivity contribution in [1.82, 2.24) is 5.32 Å². The Balaban J connectivity index is 2.19. The molecule has 1 aromatic carbocycles. The van der Waals surface area contributed by atoms with Gasteiger partial charge in [0, 0.05) is 12.1 Å². The van der Waals surface area contributed by atoms with Gasteiger partial charge in [0.25, 0.3) is 11.6 Å². The number of nitrogens with zero attached hydrogens (tertiary/aromatic N) is 1. The Morgan fingerprint density at radius 1 is 1.38 bits per heavy atom. The summed E-state index contributed by atoms with van der Waals surface area (Å²) >= 11 is 0. The molecule has 7 heteroatoms. The molecule has 21 heavy (non-hydrogen) atoms.